The van der Waals surface area contributed by atoms with Gasteiger partial charge in [-0.3, -0.25) is 0 Å². The Morgan fingerprint density at radius 2 is 1.72 bits per heavy atom. The van der Waals surface area contributed by atoms with Crippen molar-refractivity contribution >= 4 is 5.69 Å². The third-order valence-corrected chi connectivity index (χ3v) is 2.45. The van der Waals surface area contributed by atoms with Crippen LogP contribution in [0.2, 0.25) is 0 Å². The zero-order valence-electron chi connectivity index (χ0n) is 10.3. The van der Waals surface area contributed by atoms with Gasteiger partial charge in [0.25, 0.3) is 0 Å². The fourth-order valence-electron chi connectivity index (χ4n) is 1.57. The molecule has 0 heterocycles. The van der Waals surface area contributed by atoms with Crippen molar-refractivity contribution in [1.82, 2.24) is 0 Å². The van der Waals surface area contributed by atoms with E-state index in [-0.39, 0.29) is 0 Å². The summed E-state index contributed by atoms with van der Waals surface area (Å²) in [5.41, 5.74) is 0.877. The van der Waals surface area contributed by atoms with Crippen LogP contribution >= 0.6 is 0 Å². The minimum atomic E-state index is -0.394. The summed E-state index contributed by atoms with van der Waals surface area (Å²) < 4.78 is 5.80. The predicted molar refractivity (Wildman–Crippen MR) is 73.1 cm³/mol. The van der Waals surface area contributed by atoms with Gasteiger partial charge in [0.15, 0.2) is 5.75 Å². The van der Waals surface area contributed by atoms with Crippen LogP contribution in [0.25, 0.3) is 0 Å². The van der Waals surface area contributed by atoms with Gasteiger partial charge < -0.3 is 15.2 Å². The molecule has 18 heavy (non-hydrogen) atoms. The van der Waals surface area contributed by atoms with Gasteiger partial charge in [0.2, 0.25) is 0 Å². The molecule has 0 aliphatic heterocycles. The van der Waals surface area contributed by atoms with E-state index in [2.05, 4.69) is 5.32 Å². The molecule has 0 aromatic heterocycles. The number of aliphatic hydroxyl groups is 1. The van der Waals surface area contributed by atoms with Crippen molar-refractivity contribution in [1.29, 1.82) is 0 Å². The van der Waals surface area contributed by atoms with E-state index >= 15 is 0 Å². The molecular weight excluding hydrogens is 226 g/mol. The van der Waals surface area contributed by atoms with Gasteiger partial charge in [-0.25, -0.2) is 0 Å². The number of nitrogens with one attached hydrogen (secondary N) is 1. The van der Waals surface area contributed by atoms with Crippen LogP contribution in [0, 0.1) is 0 Å². The fraction of sp³-hybridized carbons (Fsp3) is 0.200. The van der Waals surface area contributed by atoms with Gasteiger partial charge in [-0.05, 0) is 31.2 Å². The molecule has 2 aromatic carbocycles. The molecule has 0 aliphatic carbocycles. The number of anilines is 1. The smallest absolute Gasteiger partial charge is 0.150 e. The van der Waals surface area contributed by atoms with E-state index in [0.717, 1.165) is 17.2 Å². The lowest BCUT2D eigenvalue weighted by molar-refractivity contribution is 0.208. The first-order chi connectivity index (χ1) is 8.75. The van der Waals surface area contributed by atoms with Gasteiger partial charge in [0.05, 0.1) is 11.8 Å². The Balaban J connectivity index is 2.12. The quantitative estimate of drug-likeness (QED) is 0.846. The molecular formula is C15H17NO2. The number of rotatable bonds is 5. The van der Waals surface area contributed by atoms with Crippen LogP contribution in [-0.4, -0.2) is 17.8 Å². The summed E-state index contributed by atoms with van der Waals surface area (Å²) in [5, 5.41) is 12.4. The monoisotopic (exact) mass is 243 g/mol. The largest absolute Gasteiger partial charge is 0.455 e. The first kappa shape index (κ1) is 12.5. The van der Waals surface area contributed by atoms with Crippen molar-refractivity contribution in [2.75, 3.05) is 11.9 Å². The van der Waals surface area contributed by atoms with Crippen molar-refractivity contribution in [3.63, 3.8) is 0 Å². The standard InChI is InChI=1S/C15H17NO2/c1-12(17)11-16-14-9-5-6-10-15(14)18-13-7-3-2-4-8-13/h2-10,12,16-17H,11H2,1H3. The summed E-state index contributed by atoms with van der Waals surface area (Å²) in [7, 11) is 0. The highest BCUT2D eigenvalue weighted by atomic mass is 16.5. The molecule has 0 bridgehead atoms. The van der Waals surface area contributed by atoms with Gasteiger partial charge in [-0.15, -0.1) is 0 Å². The third kappa shape index (κ3) is 3.50. The molecule has 3 heteroatoms. The summed E-state index contributed by atoms with van der Waals surface area (Å²) in [5.74, 6) is 1.55. The molecule has 1 atom stereocenters. The molecule has 3 nitrogen and oxygen atoms in total. The second-order valence-corrected chi connectivity index (χ2v) is 4.14. The predicted octanol–water partition coefficient (Wildman–Crippen LogP) is 3.27. The Hall–Kier alpha value is -2.00. The van der Waals surface area contributed by atoms with Gasteiger partial charge >= 0.3 is 0 Å². The van der Waals surface area contributed by atoms with Crippen molar-refractivity contribution in [2.24, 2.45) is 0 Å². The van der Waals surface area contributed by atoms with Crippen LogP contribution in [0.1, 0.15) is 6.92 Å². The summed E-state index contributed by atoms with van der Waals surface area (Å²) >= 11 is 0. The van der Waals surface area contributed by atoms with E-state index < -0.39 is 6.10 Å². The summed E-state index contributed by atoms with van der Waals surface area (Å²) in [4.78, 5) is 0. The van der Waals surface area contributed by atoms with Gasteiger partial charge in [0.1, 0.15) is 5.75 Å². The van der Waals surface area contributed by atoms with Gasteiger partial charge in [0, 0.05) is 6.54 Å². The highest BCUT2D eigenvalue weighted by Gasteiger charge is 2.04. The number of ether oxygens (including phenoxy) is 1. The van der Waals surface area contributed by atoms with Crippen LogP contribution in [0.5, 0.6) is 11.5 Å². The highest BCUT2D eigenvalue weighted by Crippen LogP contribution is 2.28. The lowest BCUT2D eigenvalue weighted by Crippen LogP contribution is -2.15. The molecule has 94 valence electrons. The average molecular weight is 243 g/mol. The minimum absolute atomic E-state index is 0.394. The number of para-hydroxylation sites is 3. The second-order valence-electron chi connectivity index (χ2n) is 4.14. The van der Waals surface area contributed by atoms with Crippen LogP contribution in [-0.2, 0) is 0 Å². The van der Waals surface area contributed by atoms with Crippen molar-refractivity contribution in [3.05, 3.63) is 54.6 Å². The van der Waals surface area contributed by atoms with E-state index in [1.54, 1.807) is 6.92 Å². The lowest BCUT2D eigenvalue weighted by atomic mass is 10.2. The van der Waals surface area contributed by atoms with Crippen LogP contribution in [0.4, 0.5) is 5.69 Å². The summed E-state index contributed by atoms with van der Waals surface area (Å²) in [6.45, 7) is 2.24. The molecule has 0 aliphatic rings. The molecule has 0 saturated heterocycles. The lowest BCUT2D eigenvalue weighted by Gasteiger charge is -2.13. The second kappa shape index (κ2) is 6.07. The van der Waals surface area contributed by atoms with Crippen molar-refractivity contribution in [3.8, 4) is 11.5 Å². The van der Waals surface area contributed by atoms with E-state index in [4.69, 9.17) is 4.74 Å². The van der Waals surface area contributed by atoms with Gasteiger partial charge in [-0.2, -0.15) is 0 Å². The number of benzene rings is 2. The van der Waals surface area contributed by atoms with Crippen molar-refractivity contribution in [2.45, 2.75) is 13.0 Å². The SMILES string of the molecule is CC(O)CNc1ccccc1Oc1ccccc1. The Morgan fingerprint density at radius 3 is 2.44 bits per heavy atom. The Bertz CT molecular complexity index is 483. The maximum absolute atomic E-state index is 9.29. The molecule has 0 fully saturated rings. The van der Waals surface area contributed by atoms with Crippen LogP contribution in [0.15, 0.2) is 54.6 Å². The highest BCUT2D eigenvalue weighted by molar-refractivity contribution is 5.57. The number of hydrogen-bond acceptors (Lipinski definition) is 3. The Kier molecular flexibility index (Phi) is 4.20. The third-order valence-electron chi connectivity index (χ3n) is 2.45. The van der Waals surface area contributed by atoms with E-state index in [0.29, 0.717) is 6.54 Å². The topological polar surface area (TPSA) is 41.5 Å². The molecule has 2 rings (SSSR count). The van der Waals surface area contributed by atoms with Crippen LogP contribution < -0.4 is 10.1 Å². The maximum Gasteiger partial charge on any atom is 0.150 e. The van der Waals surface area contributed by atoms with Crippen molar-refractivity contribution < 1.29 is 9.84 Å². The van der Waals surface area contributed by atoms with E-state index in [1.807, 2.05) is 54.6 Å². The zero-order chi connectivity index (χ0) is 12.8. The van der Waals surface area contributed by atoms with E-state index in [1.165, 1.54) is 0 Å². The summed E-state index contributed by atoms with van der Waals surface area (Å²) in [6.07, 6.45) is -0.394. The van der Waals surface area contributed by atoms with E-state index in [9.17, 15) is 5.11 Å². The first-order valence-corrected chi connectivity index (χ1v) is 5.99. The van der Waals surface area contributed by atoms with Gasteiger partial charge in [-0.1, -0.05) is 30.3 Å². The molecule has 0 amide bonds. The molecule has 0 radical (unpaired) electrons. The molecule has 2 aromatic rings. The summed E-state index contributed by atoms with van der Waals surface area (Å²) in [6, 6.07) is 17.3. The fourth-order valence-corrected chi connectivity index (χ4v) is 1.57. The number of aliphatic hydroxyl groups excluding tert-OH is 1. The molecule has 2 N–H and O–H groups in total. The molecule has 0 spiro atoms. The van der Waals surface area contributed by atoms with Crippen LogP contribution in [0.3, 0.4) is 0 Å². The first-order valence-electron chi connectivity index (χ1n) is 5.99. The number of hydrogen-bond donors (Lipinski definition) is 2. The Labute approximate surface area is 107 Å². The molecule has 1 unspecified atom stereocenters. The normalized spacial score (nSPS) is 11.9. The maximum atomic E-state index is 9.29. The molecule has 0 saturated carbocycles. The average Bonchev–Trinajstić information content (AvgIpc) is 2.39. The Morgan fingerprint density at radius 1 is 1.06 bits per heavy atom. The zero-order valence-corrected chi connectivity index (χ0v) is 10.3. The minimum Gasteiger partial charge on any atom is -0.455 e.